The van der Waals surface area contributed by atoms with Crippen LogP contribution in [0.3, 0.4) is 0 Å². The molecule has 0 aromatic carbocycles. The van der Waals surface area contributed by atoms with E-state index >= 15 is 0 Å². The smallest absolute Gasteiger partial charge is 0.0682 e. The quantitative estimate of drug-likeness (QED) is 0.416. The van der Waals surface area contributed by atoms with Gasteiger partial charge in [0.25, 0.3) is 0 Å². The van der Waals surface area contributed by atoms with Gasteiger partial charge in [-0.3, -0.25) is 0 Å². The Balaban J connectivity index is 1.52. The van der Waals surface area contributed by atoms with Crippen LogP contribution in [0.5, 0.6) is 0 Å². The predicted molar refractivity (Wildman–Crippen MR) is 134 cm³/mol. The molecule has 0 aliphatic heterocycles. The number of fused-ring (bicyclic) bond motifs is 5. The molecular weight excluding hydrogens is 392 g/mol. The van der Waals surface area contributed by atoms with Crippen molar-refractivity contribution in [1.29, 1.82) is 0 Å². The molecule has 4 aliphatic carbocycles. The molecule has 4 aliphatic rings. The Morgan fingerprint density at radius 3 is 2.44 bits per heavy atom. The summed E-state index contributed by atoms with van der Waals surface area (Å²) in [6.45, 7) is 14.2. The van der Waals surface area contributed by atoms with Crippen LogP contribution in [0.2, 0.25) is 0 Å². The van der Waals surface area contributed by atoms with Crippen molar-refractivity contribution in [3.63, 3.8) is 0 Å². The van der Waals surface area contributed by atoms with Gasteiger partial charge in [0, 0.05) is 0 Å². The SMILES string of the molecule is CC[C@]1(O)CC[C@@]2(C)C(=CC[C@H]3[C@@H]4CCC[C@H]([C@H](C)CC[C@H](O)C(C)C)[C@@]4(C)CC[C@@H]32)C1. The van der Waals surface area contributed by atoms with Gasteiger partial charge >= 0.3 is 0 Å². The minimum atomic E-state index is -0.451. The fraction of sp³-hybridized carbons (Fsp3) is 0.933. The van der Waals surface area contributed by atoms with E-state index in [0.717, 1.165) is 49.4 Å². The molecule has 0 bridgehead atoms. The van der Waals surface area contributed by atoms with Crippen molar-refractivity contribution >= 4 is 0 Å². The lowest BCUT2D eigenvalue weighted by atomic mass is 9.42. The van der Waals surface area contributed by atoms with Gasteiger partial charge in [-0.2, -0.15) is 0 Å². The van der Waals surface area contributed by atoms with Crippen LogP contribution in [0.15, 0.2) is 11.6 Å². The summed E-state index contributed by atoms with van der Waals surface area (Å²) in [6, 6.07) is 0. The third-order valence-electron chi connectivity index (χ3n) is 11.6. The van der Waals surface area contributed by atoms with E-state index < -0.39 is 5.60 Å². The van der Waals surface area contributed by atoms with E-state index in [2.05, 4.69) is 47.6 Å². The lowest BCUT2D eigenvalue weighted by Gasteiger charge is -2.63. The van der Waals surface area contributed by atoms with E-state index in [4.69, 9.17) is 0 Å². The van der Waals surface area contributed by atoms with Gasteiger partial charge < -0.3 is 10.2 Å². The Bertz CT molecular complexity index is 697. The first-order valence-electron chi connectivity index (χ1n) is 14.1. The van der Waals surface area contributed by atoms with Crippen LogP contribution in [0.1, 0.15) is 119 Å². The Labute approximate surface area is 198 Å². The second-order valence-electron chi connectivity index (χ2n) is 13.5. The van der Waals surface area contributed by atoms with Gasteiger partial charge in [0.15, 0.2) is 0 Å². The second kappa shape index (κ2) is 9.03. The Morgan fingerprint density at radius 2 is 1.75 bits per heavy atom. The first-order chi connectivity index (χ1) is 15.0. The van der Waals surface area contributed by atoms with E-state index in [1.807, 2.05) is 0 Å². The van der Waals surface area contributed by atoms with Crippen molar-refractivity contribution < 1.29 is 10.2 Å². The summed E-state index contributed by atoms with van der Waals surface area (Å²) in [5.41, 5.74) is 1.95. The van der Waals surface area contributed by atoms with E-state index in [9.17, 15) is 10.2 Å². The first-order valence-corrected chi connectivity index (χ1v) is 14.1. The van der Waals surface area contributed by atoms with Gasteiger partial charge in [0.05, 0.1) is 11.7 Å². The molecular formula is C30H52O2. The van der Waals surface area contributed by atoms with E-state index in [1.54, 1.807) is 5.57 Å². The van der Waals surface area contributed by atoms with Crippen molar-refractivity contribution in [2.45, 2.75) is 130 Å². The molecule has 184 valence electrons. The average Bonchev–Trinajstić information content (AvgIpc) is 2.76. The number of aliphatic hydroxyl groups is 2. The molecule has 0 spiro atoms. The number of rotatable bonds is 6. The van der Waals surface area contributed by atoms with Gasteiger partial charge in [-0.25, -0.2) is 0 Å². The largest absolute Gasteiger partial charge is 0.393 e. The normalized spacial score (nSPS) is 46.0. The fourth-order valence-electron chi connectivity index (χ4n) is 9.16. The van der Waals surface area contributed by atoms with Gasteiger partial charge in [0.1, 0.15) is 0 Å². The summed E-state index contributed by atoms with van der Waals surface area (Å²) in [5.74, 6) is 4.42. The zero-order valence-corrected chi connectivity index (χ0v) is 22.0. The summed E-state index contributed by atoms with van der Waals surface area (Å²) in [5, 5.41) is 21.4. The van der Waals surface area contributed by atoms with Crippen LogP contribution in [0, 0.1) is 46.3 Å². The monoisotopic (exact) mass is 444 g/mol. The third kappa shape index (κ3) is 4.15. The third-order valence-corrected chi connectivity index (χ3v) is 11.6. The van der Waals surface area contributed by atoms with Gasteiger partial charge in [-0.05, 0) is 117 Å². The van der Waals surface area contributed by atoms with Crippen LogP contribution >= 0.6 is 0 Å². The number of hydrogen-bond acceptors (Lipinski definition) is 2. The van der Waals surface area contributed by atoms with Crippen molar-refractivity contribution in [2.75, 3.05) is 0 Å². The molecule has 32 heavy (non-hydrogen) atoms. The predicted octanol–water partition coefficient (Wildman–Crippen LogP) is 7.53. The highest BCUT2D eigenvalue weighted by Crippen LogP contribution is 2.66. The maximum atomic E-state index is 11.0. The highest BCUT2D eigenvalue weighted by atomic mass is 16.3. The maximum absolute atomic E-state index is 11.0. The van der Waals surface area contributed by atoms with Crippen molar-refractivity contribution in [3.8, 4) is 0 Å². The van der Waals surface area contributed by atoms with Crippen LogP contribution in [0.4, 0.5) is 0 Å². The number of aliphatic hydroxyl groups excluding tert-OH is 1. The molecule has 0 saturated heterocycles. The van der Waals surface area contributed by atoms with Gasteiger partial charge in [-0.15, -0.1) is 0 Å². The topological polar surface area (TPSA) is 40.5 Å². The van der Waals surface area contributed by atoms with Crippen molar-refractivity contribution in [2.24, 2.45) is 46.3 Å². The minimum absolute atomic E-state index is 0.143. The van der Waals surface area contributed by atoms with E-state index in [1.165, 1.54) is 51.4 Å². The average molecular weight is 445 g/mol. The highest BCUT2D eigenvalue weighted by Gasteiger charge is 2.58. The molecule has 0 amide bonds. The molecule has 0 aromatic heterocycles. The lowest BCUT2D eigenvalue weighted by molar-refractivity contribution is -0.116. The molecule has 3 saturated carbocycles. The first kappa shape index (κ1) is 24.8. The molecule has 4 rings (SSSR count). The molecule has 2 nitrogen and oxygen atoms in total. The highest BCUT2D eigenvalue weighted by molar-refractivity contribution is 5.26. The summed E-state index contributed by atoms with van der Waals surface area (Å²) in [4.78, 5) is 0. The Hall–Kier alpha value is -0.340. The number of hydrogen-bond donors (Lipinski definition) is 2. The van der Waals surface area contributed by atoms with E-state index in [0.29, 0.717) is 22.7 Å². The standard InChI is InChI=1S/C30H52O2/c1-7-30(32)18-17-28(5)22(19-30)12-13-23-25-10-8-9-24(29(25,6)16-15-26(23)28)21(4)11-14-27(31)20(2)3/h12,20-21,23-27,31-32H,7-11,13-19H2,1-6H3/t21-,23+,24-,25+,26+,27+,28+,29-,30+/m1/s1. The van der Waals surface area contributed by atoms with Crippen LogP contribution in [-0.2, 0) is 0 Å². The van der Waals surface area contributed by atoms with Crippen LogP contribution in [-0.4, -0.2) is 21.9 Å². The minimum Gasteiger partial charge on any atom is -0.393 e. The molecule has 0 unspecified atom stereocenters. The lowest BCUT2D eigenvalue weighted by Crippen LogP contribution is -2.55. The van der Waals surface area contributed by atoms with Crippen molar-refractivity contribution in [3.05, 3.63) is 11.6 Å². The summed E-state index contributed by atoms with van der Waals surface area (Å²) in [7, 11) is 0. The molecule has 2 N–H and O–H groups in total. The summed E-state index contributed by atoms with van der Waals surface area (Å²) >= 11 is 0. The van der Waals surface area contributed by atoms with Crippen LogP contribution in [0.25, 0.3) is 0 Å². The Morgan fingerprint density at radius 1 is 1.00 bits per heavy atom. The summed E-state index contributed by atoms with van der Waals surface area (Å²) in [6.07, 6.45) is 16.8. The van der Waals surface area contributed by atoms with Gasteiger partial charge in [-0.1, -0.05) is 59.6 Å². The molecule has 3 fully saturated rings. The molecule has 0 radical (unpaired) electrons. The van der Waals surface area contributed by atoms with Crippen LogP contribution < -0.4 is 0 Å². The second-order valence-corrected chi connectivity index (χ2v) is 13.5. The zero-order valence-electron chi connectivity index (χ0n) is 22.0. The molecule has 9 atom stereocenters. The summed E-state index contributed by atoms with van der Waals surface area (Å²) < 4.78 is 0. The van der Waals surface area contributed by atoms with Crippen molar-refractivity contribution in [1.82, 2.24) is 0 Å². The molecule has 2 heteroatoms. The van der Waals surface area contributed by atoms with Gasteiger partial charge in [0.2, 0.25) is 0 Å². The zero-order chi connectivity index (χ0) is 23.3. The molecule has 0 heterocycles. The molecule has 0 aromatic rings. The van der Waals surface area contributed by atoms with E-state index in [-0.39, 0.29) is 6.10 Å². The Kier molecular flexibility index (Phi) is 6.99. The fourth-order valence-corrected chi connectivity index (χ4v) is 9.16. The maximum Gasteiger partial charge on any atom is 0.0682 e. The number of allylic oxidation sites excluding steroid dienone is 1.